The van der Waals surface area contributed by atoms with Crippen LogP contribution >= 0.6 is 0 Å². The zero-order chi connectivity index (χ0) is 18.8. The second-order valence-corrected chi connectivity index (χ2v) is 6.63. The van der Waals surface area contributed by atoms with Gasteiger partial charge in [-0.2, -0.15) is 0 Å². The van der Waals surface area contributed by atoms with Crippen molar-refractivity contribution in [3.63, 3.8) is 0 Å². The van der Waals surface area contributed by atoms with Gasteiger partial charge in [0.05, 0.1) is 12.6 Å². The third-order valence-corrected chi connectivity index (χ3v) is 4.80. The van der Waals surface area contributed by atoms with E-state index in [0.717, 1.165) is 22.2 Å². The first-order valence-corrected chi connectivity index (χ1v) is 8.87. The van der Waals surface area contributed by atoms with Crippen molar-refractivity contribution < 1.29 is 13.9 Å². The van der Waals surface area contributed by atoms with Crippen LogP contribution in [0.1, 0.15) is 12.0 Å². The molecule has 2 aromatic carbocycles. The molecule has 5 nitrogen and oxygen atoms in total. The van der Waals surface area contributed by atoms with Gasteiger partial charge in [-0.05, 0) is 54.4 Å². The lowest BCUT2D eigenvalue weighted by Crippen LogP contribution is -2.33. The predicted molar refractivity (Wildman–Crippen MR) is 102 cm³/mol. The molecule has 0 saturated carbocycles. The molecule has 138 valence electrons. The Hall–Kier alpha value is -3.15. The third-order valence-electron chi connectivity index (χ3n) is 4.80. The number of rotatable bonds is 5. The molecule has 0 aliphatic carbocycles. The van der Waals surface area contributed by atoms with Crippen molar-refractivity contribution >= 4 is 22.6 Å². The number of amides is 1. The standard InChI is InChI=1S/C21H20FN3O2/c1-27-17-7-8-18-15(12-17)4-9-20(23-18)24-19-10-11-25(21(19)26)13-14-2-5-16(22)6-3-14/h2-9,12,19H,10-11,13H2,1H3,(H,23,24). The number of hydrogen-bond donors (Lipinski definition) is 1. The van der Waals surface area contributed by atoms with E-state index in [4.69, 9.17) is 4.74 Å². The molecule has 1 amide bonds. The maximum atomic E-state index is 13.0. The van der Waals surface area contributed by atoms with E-state index >= 15 is 0 Å². The number of aromatic nitrogens is 1. The highest BCUT2D eigenvalue weighted by Gasteiger charge is 2.31. The normalized spacial score (nSPS) is 16.7. The quantitative estimate of drug-likeness (QED) is 0.751. The number of hydrogen-bond acceptors (Lipinski definition) is 4. The summed E-state index contributed by atoms with van der Waals surface area (Å²) in [4.78, 5) is 19.1. The van der Waals surface area contributed by atoms with Crippen molar-refractivity contribution in [1.29, 1.82) is 0 Å². The molecule has 1 N–H and O–H groups in total. The van der Waals surface area contributed by atoms with Gasteiger partial charge >= 0.3 is 0 Å². The first-order chi connectivity index (χ1) is 13.1. The molecule has 6 heteroatoms. The lowest BCUT2D eigenvalue weighted by molar-refractivity contribution is -0.128. The lowest BCUT2D eigenvalue weighted by Gasteiger charge is -2.17. The van der Waals surface area contributed by atoms with Crippen molar-refractivity contribution in [2.75, 3.05) is 19.0 Å². The Balaban J connectivity index is 1.44. The van der Waals surface area contributed by atoms with Gasteiger partial charge < -0.3 is 15.0 Å². The topological polar surface area (TPSA) is 54.5 Å². The van der Waals surface area contributed by atoms with Gasteiger partial charge in [-0.3, -0.25) is 4.79 Å². The van der Waals surface area contributed by atoms with E-state index in [1.165, 1.54) is 12.1 Å². The maximum absolute atomic E-state index is 13.0. The Morgan fingerprint density at radius 3 is 2.78 bits per heavy atom. The molecule has 27 heavy (non-hydrogen) atoms. The van der Waals surface area contributed by atoms with E-state index in [1.54, 1.807) is 24.1 Å². The Morgan fingerprint density at radius 1 is 1.19 bits per heavy atom. The van der Waals surface area contributed by atoms with E-state index in [9.17, 15) is 9.18 Å². The summed E-state index contributed by atoms with van der Waals surface area (Å²) in [5.74, 6) is 1.23. The summed E-state index contributed by atoms with van der Waals surface area (Å²) in [7, 11) is 1.63. The molecular weight excluding hydrogens is 345 g/mol. The van der Waals surface area contributed by atoms with E-state index in [2.05, 4.69) is 10.3 Å². The number of likely N-dealkylation sites (tertiary alicyclic amines) is 1. The Labute approximate surface area is 156 Å². The van der Waals surface area contributed by atoms with E-state index in [0.29, 0.717) is 25.3 Å². The second-order valence-electron chi connectivity index (χ2n) is 6.63. The molecule has 1 aliphatic rings. The van der Waals surface area contributed by atoms with Crippen molar-refractivity contribution in [3.05, 3.63) is 66.0 Å². The number of carbonyl (C=O) groups excluding carboxylic acids is 1. The first-order valence-electron chi connectivity index (χ1n) is 8.87. The number of benzene rings is 2. The molecule has 1 fully saturated rings. The minimum Gasteiger partial charge on any atom is -0.497 e. The highest BCUT2D eigenvalue weighted by Crippen LogP contribution is 2.23. The molecule has 1 aliphatic heterocycles. The molecule has 0 spiro atoms. The highest BCUT2D eigenvalue weighted by atomic mass is 19.1. The maximum Gasteiger partial charge on any atom is 0.245 e. The molecule has 1 aromatic heterocycles. The number of nitrogens with zero attached hydrogens (tertiary/aromatic N) is 2. The molecule has 4 rings (SSSR count). The molecule has 0 bridgehead atoms. The minimum atomic E-state index is -0.298. The Bertz CT molecular complexity index is 975. The summed E-state index contributed by atoms with van der Waals surface area (Å²) in [6.07, 6.45) is 0.711. The van der Waals surface area contributed by atoms with Crippen LogP contribution < -0.4 is 10.1 Å². The van der Waals surface area contributed by atoms with Crippen LogP contribution in [-0.4, -0.2) is 35.5 Å². The van der Waals surface area contributed by atoms with Gasteiger partial charge in [-0.15, -0.1) is 0 Å². The van der Waals surface area contributed by atoms with Gasteiger partial charge in [0.1, 0.15) is 23.4 Å². The summed E-state index contributed by atoms with van der Waals surface area (Å²) in [6, 6.07) is 15.5. The van der Waals surface area contributed by atoms with Gasteiger partial charge in [0.2, 0.25) is 5.91 Å². The van der Waals surface area contributed by atoms with Crippen LogP contribution in [0.4, 0.5) is 10.2 Å². The number of halogens is 1. The predicted octanol–water partition coefficient (Wildman–Crippen LogP) is 3.60. The van der Waals surface area contributed by atoms with Crippen molar-refractivity contribution in [2.24, 2.45) is 0 Å². The van der Waals surface area contributed by atoms with Crippen LogP contribution in [0.15, 0.2) is 54.6 Å². The van der Waals surface area contributed by atoms with Crippen LogP contribution in [0.2, 0.25) is 0 Å². The average molecular weight is 365 g/mol. The number of methoxy groups -OCH3 is 1. The molecule has 2 heterocycles. The van der Waals surface area contributed by atoms with Gasteiger partial charge in [-0.25, -0.2) is 9.37 Å². The lowest BCUT2D eigenvalue weighted by atomic mass is 10.2. The van der Waals surface area contributed by atoms with E-state index in [1.807, 2.05) is 30.3 Å². The van der Waals surface area contributed by atoms with Gasteiger partial charge in [0, 0.05) is 18.5 Å². The molecule has 1 saturated heterocycles. The van der Waals surface area contributed by atoms with Crippen LogP contribution in [0, 0.1) is 5.82 Å². The number of nitrogens with one attached hydrogen (secondary N) is 1. The SMILES string of the molecule is COc1ccc2nc(NC3CCN(Cc4ccc(F)cc4)C3=O)ccc2c1. The van der Waals surface area contributed by atoms with Gasteiger partial charge in [0.15, 0.2) is 0 Å². The van der Waals surface area contributed by atoms with Crippen LogP contribution in [0.25, 0.3) is 10.9 Å². The number of anilines is 1. The second kappa shape index (κ2) is 7.23. The summed E-state index contributed by atoms with van der Waals surface area (Å²) >= 11 is 0. The summed E-state index contributed by atoms with van der Waals surface area (Å²) in [5.41, 5.74) is 1.76. The Morgan fingerprint density at radius 2 is 2.00 bits per heavy atom. The summed E-state index contributed by atoms with van der Waals surface area (Å²) in [5, 5.41) is 4.22. The third kappa shape index (κ3) is 3.69. The van der Waals surface area contributed by atoms with Gasteiger partial charge in [0.25, 0.3) is 0 Å². The van der Waals surface area contributed by atoms with Gasteiger partial charge in [-0.1, -0.05) is 12.1 Å². The fourth-order valence-electron chi connectivity index (χ4n) is 3.33. The molecule has 1 atom stereocenters. The molecule has 3 aromatic rings. The minimum absolute atomic E-state index is 0.0379. The highest BCUT2D eigenvalue weighted by molar-refractivity contribution is 5.87. The zero-order valence-corrected chi connectivity index (χ0v) is 15.0. The monoisotopic (exact) mass is 365 g/mol. The van der Waals surface area contributed by atoms with Crippen LogP contribution in [0.5, 0.6) is 5.75 Å². The van der Waals surface area contributed by atoms with Crippen LogP contribution in [0.3, 0.4) is 0 Å². The first kappa shape index (κ1) is 17.3. The summed E-state index contributed by atoms with van der Waals surface area (Å²) < 4.78 is 18.3. The fourth-order valence-corrected chi connectivity index (χ4v) is 3.33. The average Bonchev–Trinajstić information content (AvgIpc) is 3.03. The molecule has 0 radical (unpaired) electrons. The molecular formula is C21H20FN3O2. The van der Waals surface area contributed by atoms with E-state index in [-0.39, 0.29) is 17.8 Å². The number of carbonyl (C=O) groups is 1. The van der Waals surface area contributed by atoms with Crippen molar-refractivity contribution in [2.45, 2.75) is 19.0 Å². The zero-order valence-electron chi connectivity index (χ0n) is 15.0. The number of pyridine rings is 1. The van der Waals surface area contributed by atoms with Crippen LogP contribution in [-0.2, 0) is 11.3 Å². The van der Waals surface area contributed by atoms with Crippen molar-refractivity contribution in [3.8, 4) is 5.75 Å². The largest absolute Gasteiger partial charge is 0.497 e. The smallest absolute Gasteiger partial charge is 0.245 e. The number of ether oxygens (including phenoxy) is 1. The van der Waals surface area contributed by atoms with Crippen molar-refractivity contribution in [1.82, 2.24) is 9.88 Å². The fraction of sp³-hybridized carbons (Fsp3) is 0.238. The molecule has 1 unspecified atom stereocenters. The summed E-state index contributed by atoms with van der Waals surface area (Å²) in [6.45, 7) is 1.15. The number of fused-ring (bicyclic) bond motifs is 1. The van der Waals surface area contributed by atoms with E-state index < -0.39 is 0 Å². The Kier molecular flexibility index (Phi) is 4.62.